The highest BCUT2D eigenvalue weighted by Crippen LogP contribution is 2.38. The van der Waals surface area contributed by atoms with Gasteiger partial charge in [-0.15, -0.1) is 0 Å². The van der Waals surface area contributed by atoms with Gasteiger partial charge in [-0.1, -0.05) is 12.1 Å². The Hall–Kier alpha value is -2.02. The summed E-state index contributed by atoms with van der Waals surface area (Å²) in [6.45, 7) is 2.14. The standard InChI is InChI=1S/C14H16F3N3O/c1-9-10(7-8-18)13(20(2)19-9)21-12-6-4-3-5-11(12)14(15,16)17/h3-6H,7-8,18H2,1-2H3. The molecule has 21 heavy (non-hydrogen) atoms. The van der Waals surface area contributed by atoms with E-state index in [-0.39, 0.29) is 11.6 Å². The van der Waals surface area contributed by atoms with Gasteiger partial charge in [0.2, 0.25) is 5.88 Å². The van der Waals surface area contributed by atoms with Gasteiger partial charge in [-0.25, -0.2) is 4.68 Å². The number of nitrogens with zero attached hydrogens (tertiary/aromatic N) is 2. The van der Waals surface area contributed by atoms with Crippen molar-refractivity contribution in [2.45, 2.75) is 19.5 Å². The molecular formula is C14H16F3N3O. The van der Waals surface area contributed by atoms with Crippen LogP contribution >= 0.6 is 0 Å². The lowest BCUT2D eigenvalue weighted by molar-refractivity contribution is -0.138. The SMILES string of the molecule is Cc1nn(C)c(Oc2ccccc2C(F)(F)F)c1CCN. The Balaban J connectivity index is 2.44. The van der Waals surface area contributed by atoms with E-state index in [1.165, 1.54) is 22.9 Å². The fraction of sp³-hybridized carbons (Fsp3) is 0.357. The molecule has 114 valence electrons. The summed E-state index contributed by atoms with van der Waals surface area (Å²) in [7, 11) is 1.62. The van der Waals surface area contributed by atoms with E-state index in [1.807, 2.05) is 0 Å². The molecule has 1 heterocycles. The van der Waals surface area contributed by atoms with Gasteiger partial charge in [0.25, 0.3) is 0 Å². The summed E-state index contributed by atoms with van der Waals surface area (Å²) in [6, 6.07) is 5.10. The lowest BCUT2D eigenvalue weighted by Crippen LogP contribution is -2.09. The molecule has 2 aromatic rings. The number of hydrogen-bond acceptors (Lipinski definition) is 3. The van der Waals surface area contributed by atoms with E-state index in [9.17, 15) is 13.2 Å². The predicted octanol–water partition coefficient (Wildman–Crippen LogP) is 3.04. The molecule has 0 unspecified atom stereocenters. The van der Waals surface area contributed by atoms with E-state index in [0.29, 0.717) is 18.7 Å². The monoisotopic (exact) mass is 299 g/mol. The van der Waals surface area contributed by atoms with Gasteiger partial charge < -0.3 is 10.5 Å². The predicted molar refractivity (Wildman–Crippen MR) is 72.2 cm³/mol. The van der Waals surface area contributed by atoms with Gasteiger partial charge in [-0.3, -0.25) is 0 Å². The molecule has 0 fully saturated rings. The molecule has 0 saturated heterocycles. The second-order valence-corrected chi connectivity index (χ2v) is 4.63. The smallest absolute Gasteiger partial charge is 0.419 e. The summed E-state index contributed by atoms with van der Waals surface area (Å²) in [6.07, 6.45) is -3.98. The summed E-state index contributed by atoms with van der Waals surface area (Å²) in [5.41, 5.74) is 6.13. The minimum absolute atomic E-state index is 0.244. The summed E-state index contributed by atoms with van der Waals surface area (Å²) in [5.74, 6) is 0.0425. The average Bonchev–Trinajstić information content (AvgIpc) is 2.66. The maximum Gasteiger partial charge on any atom is 0.419 e. The zero-order valence-corrected chi connectivity index (χ0v) is 11.7. The Kier molecular flexibility index (Phi) is 4.22. The highest BCUT2D eigenvalue weighted by molar-refractivity contribution is 5.41. The van der Waals surface area contributed by atoms with Gasteiger partial charge >= 0.3 is 6.18 Å². The molecule has 4 nitrogen and oxygen atoms in total. The van der Waals surface area contributed by atoms with Crippen LogP contribution in [0.2, 0.25) is 0 Å². The molecular weight excluding hydrogens is 283 g/mol. The molecule has 0 spiro atoms. The largest absolute Gasteiger partial charge is 0.438 e. The van der Waals surface area contributed by atoms with Crippen LogP contribution < -0.4 is 10.5 Å². The number of nitrogens with two attached hydrogens (primary N) is 1. The van der Waals surface area contributed by atoms with Gasteiger partial charge in [0.1, 0.15) is 5.75 Å². The number of aryl methyl sites for hydroxylation is 2. The highest BCUT2D eigenvalue weighted by atomic mass is 19.4. The number of rotatable bonds is 4. The topological polar surface area (TPSA) is 53.1 Å². The number of benzene rings is 1. The van der Waals surface area contributed by atoms with E-state index in [0.717, 1.165) is 11.6 Å². The van der Waals surface area contributed by atoms with E-state index in [2.05, 4.69) is 5.10 Å². The van der Waals surface area contributed by atoms with E-state index >= 15 is 0 Å². The molecule has 0 atom stereocenters. The summed E-state index contributed by atoms with van der Waals surface area (Å²) in [5, 5.41) is 4.17. The number of halogens is 3. The molecule has 0 aliphatic heterocycles. The third kappa shape index (κ3) is 3.18. The van der Waals surface area contributed by atoms with Gasteiger partial charge in [-0.2, -0.15) is 18.3 Å². The second-order valence-electron chi connectivity index (χ2n) is 4.63. The first-order valence-electron chi connectivity index (χ1n) is 6.41. The number of ether oxygens (including phenoxy) is 1. The zero-order chi connectivity index (χ0) is 15.6. The lowest BCUT2D eigenvalue weighted by atomic mass is 10.1. The van der Waals surface area contributed by atoms with Crippen LogP contribution in [0.1, 0.15) is 16.8 Å². The first-order valence-corrected chi connectivity index (χ1v) is 6.41. The van der Waals surface area contributed by atoms with Crippen molar-refractivity contribution in [2.75, 3.05) is 6.54 Å². The maximum absolute atomic E-state index is 13.0. The van der Waals surface area contributed by atoms with Crippen LogP contribution in [0, 0.1) is 6.92 Å². The van der Waals surface area contributed by atoms with Crippen molar-refractivity contribution in [2.24, 2.45) is 12.8 Å². The van der Waals surface area contributed by atoms with Gasteiger partial charge in [-0.05, 0) is 32.0 Å². The van der Waals surface area contributed by atoms with Crippen molar-refractivity contribution in [1.29, 1.82) is 0 Å². The van der Waals surface area contributed by atoms with Crippen molar-refractivity contribution in [3.63, 3.8) is 0 Å². The van der Waals surface area contributed by atoms with Gasteiger partial charge in [0.15, 0.2) is 0 Å². The van der Waals surface area contributed by atoms with Gasteiger partial charge in [0.05, 0.1) is 11.3 Å². The molecule has 1 aromatic carbocycles. The summed E-state index contributed by atoms with van der Waals surface area (Å²) >= 11 is 0. The van der Waals surface area contributed by atoms with Gasteiger partial charge in [0, 0.05) is 12.6 Å². The molecule has 0 radical (unpaired) electrons. The highest BCUT2D eigenvalue weighted by Gasteiger charge is 2.34. The number of aromatic nitrogens is 2. The number of hydrogen-bond donors (Lipinski definition) is 1. The fourth-order valence-electron chi connectivity index (χ4n) is 2.13. The molecule has 2 N–H and O–H groups in total. The Bertz CT molecular complexity index is 635. The number of para-hydroxylation sites is 1. The second kappa shape index (κ2) is 5.77. The molecule has 0 aliphatic carbocycles. The van der Waals surface area contributed by atoms with Crippen molar-refractivity contribution in [1.82, 2.24) is 9.78 Å². The Morgan fingerprint density at radius 2 is 1.95 bits per heavy atom. The van der Waals surface area contributed by atoms with Crippen LogP contribution in [0.5, 0.6) is 11.6 Å². The Morgan fingerprint density at radius 3 is 2.57 bits per heavy atom. The minimum Gasteiger partial charge on any atom is -0.438 e. The molecule has 2 rings (SSSR count). The van der Waals surface area contributed by atoms with E-state index < -0.39 is 11.7 Å². The minimum atomic E-state index is -4.47. The Labute approximate surface area is 120 Å². The van der Waals surface area contributed by atoms with Crippen molar-refractivity contribution >= 4 is 0 Å². The number of alkyl halides is 3. The quantitative estimate of drug-likeness (QED) is 0.944. The van der Waals surface area contributed by atoms with E-state index in [1.54, 1.807) is 14.0 Å². The first kappa shape index (κ1) is 15.4. The van der Waals surface area contributed by atoms with Crippen LogP contribution in [0.3, 0.4) is 0 Å². The molecule has 1 aromatic heterocycles. The maximum atomic E-state index is 13.0. The Morgan fingerprint density at radius 1 is 1.29 bits per heavy atom. The molecule has 7 heteroatoms. The summed E-state index contributed by atoms with van der Waals surface area (Å²) in [4.78, 5) is 0. The normalized spacial score (nSPS) is 11.7. The third-order valence-corrected chi connectivity index (χ3v) is 3.08. The molecule has 0 aliphatic rings. The lowest BCUT2D eigenvalue weighted by Gasteiger charge is -2.14. The van der Waals surface area contributed by atoms with Crippen LogP contribution in [0.15, 0.2) is 24.3 Å². The van der Waals surface area contributed by atoms with E-state index in [4.69, 9.17) is 10.5 Å². The van der Waals surface area contributed by atoms with Crippen LogP contribution in [-0.4, -0.2) is 16.3 Å². The summed E-state index contributed by atoms with van der Waals surface area (Å²) < 4.78 is 45.9. The molecule has 0 amide bonds. The first-order chi connectivity index (χ1) is 9.84. The zero-order valence-electron chi connectivity index (χ0n) is 11.7. The average molecular weight is 299 g/mol. The van der Waals surface area contributed by atoms with Crippen molar-refractivity contribution in [3.8, 4) is 11.6 Å². The molecule has 0 saturated carbocycles. The van der Waals surface area contributed by atoms with Crippen LogP contribution in [-0.2, 0) is 19.6 Å². The van der Waals surface area contributed by atoms with Crippen LogP contribution in [0.4, 0.5) is 13.2 Å². The van der Waals surface area contributed by atoms with Crippen molar-refractivity contribution < 1.29 is 17.9 Å². The molecule has 0 bridgehead atoms. The third-order valence-electron chi connectivity index (χ3n) is 3.08. The van der Waals surface area contributed by atoms with Crippen LogP contribution in [0.25, 0.3) is 0 Å². The van der Waals surface area contributed by atoms with Crippen molar-refractivity contribution in [3.05, 3.63) is 41.1 Å². The fourth-order valence-corrected chi connectivity index (χ4v) is 2.13.